The molecule has 0 bridgehead atoms. The Morgan fingerprint density at radius 3 is 2.71 bits per heavy atom. The third-order valence-corrected chi connectivity index (χ3v) is 3.93. The summed E-state index contributed by atoms with van der Waals surface area (Å²) < 4.78 is 10.8. The Kier molecular flexibility index (Phi) is 3.91. The average Bonchev–Trinajstić information content (AvgIpc) is 2.55. The first-order valence-electron chi connectivity index (χ1n) is 7.17. The van der Waals surface area contributed by atoms with Crippen LogP contribution in [-0.2, 0) is 0 Å². The van der Waals surface area contributed by atoms with Crippen molar-refractivity contribution in [1.82, 2.24) is 0 Å². The van der Waals surface area contributed by atoms with Crippen LogP contribution in [0.4, 0.5) is 0 Å². The number of fused-ring (bicyclic) bond motifs is 1. The Morgan fingerprint density at radius 1 is 1.19 bits per heavy atom. The minimum absolute atomic E-state index is 0.166. The van der Waals surface area contributed by atoms with E-state index >= 15 is 0 Å². The van der Waals surface area contributed by atoms with Gasteiger partial charge in [-0.3, -0.25) is 4.79 Å². The molecule has 0 fully saturated rings. The molecular weight excluding hydrogens is 264 g/mol. The zero-order valence-electron chi connectivity index (χ0n) is 12.0. The second kappa shape index (κ2) is 6.00. The van der Waals surface area contributed by atoms with E-state index in [0.29, 0.717) is 13.0 Å². The van der Waals surface area contributed by atoms with E-state index in [4.69, 9.17) is 9.47 Å². The Labute approximate surface area is 124 Å². The molecular formula is C18H18O3. The topological polar surface area (TPSA) is 35.5 Å². The van der Waals surface area contributed by atoms with Crippen molar-refractivity contribution in [3.63, 3.8) is 0 Å². The van der Waals surface area contributed by atoms with Crippen LogP contribution in [0.15, 0.2) is 48.5 Å². The van der Waals surface area contributed by atoms with Crippen LogP contribution in [0.25, 0.3) is 0 Å². The average molecular weight is 282 g/mol. The highest BCUT2D eigenvalue weighted by Crippen LogP contribution is 2.36. The molecule has 0 saturated heterocycles. The number of hydrogen-bond donors (Lipinski definition) is 0. The summed E-state index contributed by atoms with van der Waals surface area (Å²) in [7, 11) is 1.62. The maximum Gasteiger partial charge on any atom is 0.163 e. The third-order valence-electron chi connectivity index (χ3n) is 3.93. The minimum Gasteiger partial charge on any atom is -0.497 e. The highest BCUT2D eigenvalue weighted by atomic mass is 16.5. The molecule has 1 aliphatic rings. The van der Waals surface area contributed by atoms with Crippen LogP contribution >= 0.6 is 0 Å². The van der Waals surface area contributed by atoms with Gasteiger partial charge in [0.1, 0.15) is 11.5 Å². The number of rotatable bonds is 4. The maximum atomic E-state index is 12.4. The molecule has 21 heavy (non-hydrogen) atoms. The van der Waals surface area contributed by atoms with E-state index in [-0.39, 0.29) is 11.7 Å². The van der Waals surface area contributed by atoms with Gasteiger partial charge in [0.05, 0.1) is 13.7 Å². The third kappa shape index (κ3) is 2.92. The van der Waals surface area contributed by atoms with E-state index in [1.807, 2.05) is 42.5 Å². The fraction of sp³-hybridized carbons (Fsp3) is 0.278. The van der Waals surface area contributed by atoms with E-state index < -0.39 is 0 Å². The lowest BCUT2D eigenvalue weighted by Crippen LogP contribution is -2.17. The first-order chi connectivity index (χ1) is 10.3. The van der Waals surface area contributed by atoms with Crippen LogP contribution in [0, 0.1) is 0 Å². The summed E-state index contributed by atoms with van der Waals surface area (Å²) in [6, 6.07) is 15.3. The molecule has 3 heteroatoms. The number of methoxy groups -OCH3 is 1. The molecule has 0 spiro atoms. The van der Waals surface area contributed by atoms with Crippen LogP contribution in [0.2, 0.25) is 0 Å². The molecule has 0 aliphatic carbocycles. The molecule has 3 nitrogen and oxygen atoms in total. The summed E-state index contributed by atoms with van der Waals surface area (Å²) in [5, 5.41) is 0. The predicted molar refractivity (Wildman–Crippen MR) is 81.2 cm³/mol. The molecule has 0 saturated carbocycles. The number of carbonyl (C=O) groups is 1. The molecule has 0 amide bonds. The second-order valence-corrected chi connectivity index (χ2v) is 5.23. The highest BCUT2D eigenvalue weighted by molar-refractivity contribution is 5.96. The van der Waals surface area contributed by atoms with E-state index in [1.165, 1.54) is 0 Å². The number of carbonyl (C=O) groups excluding carboxylic acids is 1. The zero-order valence-corrected chi connectivity index (χ0v) is 12.0. The Balaban J connectivity index is 1.76. The van der Waals surface area contributed by atoms with Gasteiger partial charge in [0.15, 0.2) is 5.78 Å². The van der Waals surface area contributed by atoms with Crippen LogP contribution in [0.3, 0.4) is 0 Å². The SMILES string of the molecule is COc1ccc(C(=O)CC2CCOc3ccccc32)cc1. The van der Waals surface area contributed by atoms with Crippen LogP contribution < -0.4 is 9.47 Å². The number of ether oxygens (including phenoxy) is 2. The molecule has 1 heterocycles. The number of ketones is 1. The van der Waals surface area contributed by atoms with Gasteiger partial charge in [-0.1, -0.05) is 18.2 Å². The maximum absolute atomic E-state index is 12.4. The van der Waals surface area contributed by atoms with Gasteiger partial charge in [-0.25, -0.2) is 0 Å². The lowest BCUT2D eigenvalue weighted by atomic mass is 9.87. The number of hydrogen-bond acceptors (Lipinski definition) is 3. The number of benzene rings is 2. The summed E-state index contributed by atoms with van der Waals surface area (Å²) in [5.41, 5.74) is 1.88. The quantitative estimate of drug-likeness (QED) is 0.799. The van der Waals surface area contributed by atoms with Gasteiger partial charge in [-0.2, -0.15) is 0 Å². The van der Waals surface area contributed by atoms with Crippen molar-refractivity contribution in [3.8, 4) is 11.5 Å². The van der Waals surface area contributed by atoms with Gasteiger partial charge in [0.2, 0.25) is 0 Å². The molecule has 108 valence electrons. The van der Waals surface area contributed by atoms with Gasteiger partial charge in [0.25, 0.3) is 0 Å². The summed E-state index contributed by atoms with van der Waals surface area (Å²) in [6.07, 6.45) is 1.41. The van der Waals surface area contributed by atoms with Crippen molar-refractivity contribution < 1.29 is 14.3 Å². The molecule has 0 N–H and O–H groups in total. The number of Topliss-reactive ketones (excluding diaryl/α,β-unsaturated/α-hetero) is 1. The summed E-state index contributed by atoms with van der Waals surface area (Å²) in [5.74, 6) is 2.09. The molecule has 2 aromatic carbocycles. The van der Waals surface area contributed by atoms with Crippen molar-refractivity contribution in [2.45, 2.75) is 18.8 Å². The monoisotopic (exact) mass is 282 g/mol. The predicted octanol–water partition coefficient (Wildman–Crippen LogP) is 3.83. The van der Waals surface area contributed by atoms with Crippen LogP contribution in [0.1, 0.15) is 34.7 Å². The highest BCUT2D eigenvalue weighted by Gasteiger charge is 2.23. The van der Waals surface area contributed by atoms with Gasteiger partial charge < -0.3 is 9.47 Å². The van der Waals surface area contributed by atoms with Crippen molar-refractivity contribution >= 4 is 5.78 Å². The Morgan fingerprint density at radius 2 is 1.95 bits per heavy atom. The van der Waals surface area contributed by atoms with Gasteiger partial charge >= 0.3 is 0 Å². The molecule has 2 aromatic rings. The Bertz CT molecular complexity index is 631. The van der Waals surface area contributed by atoms with Gasteiger partial charge in [-0.05, 0) is 48.2 Å². The largest absolute Gasteiger partial charge is 0.497 e. The molecule has 3 rings (SSSR count). The lowest BCUT2D eigenvalue weighted by molar-refractivity contribution is 0.0966. The fourth-order valence-electron chi connectivity index (χ4n) is 2.75. The van der Waals surface area contributed by atoms with E-state index in [0.717, 1.165) is 29.0 Å². The lowest BCUT2D eigenvalue weighted by Gasteiger charge is -2.25. The Hall–Kier alpha value is -2.29. The first-order valence-corrected chi connectivity index (χ1v) is 7.17. The summed E-state index contributed by atoms with van der Waals surface area (Å²) in [4.78, 5) is 12.4. The van der Waals surface area contributed by atoms with Gasteiger partial charge in [-0.15, -0.1) is 0 Å². The first kappa shape index (κ1) is 13.7. The summed E-state index contributed by atoms with van der Waals surface area (Å²) in [6.45, 7) is 0.678. The molecule has 1 aliphatic heterocycles. The van der Waals surface area contributed by atoms with Crippen LogP contribution in [0.5, 0.6) is 11.5 Å². The number of para-hydroxylation sites is 1. The molecule has 0 radical (unpaired) electrons. The van der Waals surface area contributed by atoms with Crippen molar-refractivity contribution in [1.29, 1.82) is 0 Å². The minimum atomic E-state index is 0.166. The fourth-order valence-corrected chi connectivity index (χ4v) is 2.75. The van der Waals surface area contributed by atoms with Gasteiger partial charge in [0, 0.05) is 12.0 Å². The van der Waals surface area contributed by atoms with Crippen LogP contribution in [-0.4, -0.2) is 19.5 Å². The van der Waals surface area contributed by atoms with Crippen molar-refractivity contribution in [3.05, 3.63) is 59.7 Å². The molecule has 1 atom stereocenters. The second-order valence-electron chi connectivity index (χ2n) is 5.23. The summed E-state index contributed by atoms with van der Waals surface area (Å²) >= 11 is 0. The van der Waals surface area contributed by atoms with Crippen molar-refractivity contribution in [2.75, 3.05) is 13.7 Å². The molecule has 1 unspecified atom stereocenters. The normalized spacial score (nSPS) is 16.7. The molecule has 0 aromatic heterocycles. The van der Waals surface area contributed by atoms with E-state index in [2.05, 4.69) is 6.07 Å². The standard InChI is InChI=1S/C18H18O3/c1-20-15-8-6-13(7-9-15)17(19)12-14-10-11-21-18-5-3-2-4-16(14)18/h2-9,14H,10-12H2,1H3. The van der Waals surface area contributed by atoms with E-state index in [9.17, 15) is 4.79 Å². The van der Waals surface area contributed by atoms with E-state index in [1.54, 1.807) is 7.11 Å². The smallest absolute Gasteiger partial charge is 0.163 e. The van der Waals surface area contributed by atoms with Crippen molar-refractivity contribution in [2.24, 2.45) is 0 Å². The zero-order chi connectivity index (χ0) is 14.7.